The fraction of sp³-hybridized carbons (Fsp3) is 0.316. The quantitative estimate of drug-likeness (QED) is 0.684. The molecule has 1 unspecified atom stereocenters. The Morgan fingerprint density at radius 3 is 2.54 bits per heavy atom. The van der Waals surface area contributed by atoms with Crippen molar-refractivity contribution in [3.8, 4) is 0 Å². The standard InChI is InChI=1S/C19H22FN3O3S.ClH/c1-13-4-9-17(27(25,26)23-15-7-5-14(20)6-8-15)11-18(13)19(24)22-16-3-2-10-21-12-16;/h4-9,11,16,21,23H,2-3,10,12H2,1H3,(H,22,24);1H. The molecule has 28 heavy (non-hydrogen) atoms. The number of hydrogen-bond acceptors (Lipinski definition) is 4. The Balaban J connectivity index is 0.00000280. The normalized spacial score (nSPS) is 16.7. The highest BCUT2D eigenvalue weighted by Gasteiger charge is 2.21. The van der Waals surface area contributed by atoms with E-state index in [9.17, 15) is 17.6 Å². The Morgan fingerprint density at radius 2 is 1.89 bits per heavy atom. The first-order valence-electron chi connectivity index (χ1n) is 8.76. The molecule has 9 heteroatoms. The summed E-state index contributed by atoms with van der Waals surface area (Å²) in [5.41, 5.74) is 1.26. The van der Waals surface area contributed by atoms with Crippen molar-refractivity contribution in [2.75, 3.05) is 17.8 Å². The molecule has 1 aliphatic heterocycles. The van der Waals surface area contributed by atoms with E-state index in [0.717, 1.165) is 19.4 Å². The highest BCUT2D eigenvalue weighted by molar-refractivity contribution is 7.92. The average molecular weight is 428 g/mol. The van der Waals surface area contributed by atoms with E-state index in [-0.39, 0.29) is 34.9 Å². The number of carbonyl (C=O) groups excluding carboxylic acids is 1. The van der Waals surface area contributed by atoms with Gasteiger partial charge in [0.1, 0.15) is 5.82 Å². The first-order chi connectivity index (χ1) is 12.8. The number of halogens is 2. The van der Waals surface area contributed by atoms with Crippen molar-refractivity contribution in [1.82, 2.24) is 10.6 Å². The third-order valence-electron chi connectivity index (χ3n) is 4.49. The molecule has 1 saturated heterocycles. The van der Waals surface area contributed by atoms with Gasteiger partial charge in [-0.15, -0.1) is 12.4 Å². The molecule has 6 nitrogen and oxygen atoms in total. The number of aryl methyl sites for hydroxylation is 1. The Labute approximate surface area is 170 Å². The second-order valence-electron chi connectivity index (χ2n) is 6.61. The molecule has 0 saturated carbocycles. The van der Waals surface area contributed by atoms with E-state index in [4.69, 9.17) is 0 Å². The lowest BCUT2D eigenvalue weighted by Gasteiger charge is -2.24. The monoisotopic (exact) mass is 427 g/mol. The number of rotatable bonds is 5. The highest BCUT2D eigenvalue weighted by Crippen LogP contribution is 2.20. The van der Waals surface area contributed by atoms with Crippen LogP contribution in [0.25, 0.3) is 0 Å². The molecule has 1 atom stereocenters. The van der Waals surface area contributed by atoms with Crippen LogP contribution in [0.4, 0.5) is 10.1 Å². The van der Waals surface area contributed by atoms with Crippen LogP contribution in [0.2, 0.25) is 0 Å². The smallest absolute Gasteiger partial charge is 0.261 e. The predicted molar refractivity (Wildman–Crippen MR) is 109 cm³/mol. The minimum Gasteiger partial charge on any atom is -0.348 e. The molecule has 0 aromatic heterocycles. The molecule has 152 valence electrons. The van der Waals surface area contributed by atoms with Gasteiger partial charge >= 0.3 is 0 Å². The van der Waals surface area contributed by atoms with Crippen LogP contribution in [0.1, 0.15) is 28.8 Å². The number of benzene rings is 2. The summed E-state index contributed by atoms with van der Waals surface area (Å²) >= 11 is 0. The number of amides is 1. The molecule has 2 aromatic carbocycles. The van der Waals surface area contributed by atoms with E-state index in [2.05, 4.69) is 15.4 Å². The van der Waals surface area contributed by atoms with Gasteiger partial charge in [-0.25, -0.2) is 12.8 Å². The van der Waals surface area contributed by atoms with Gasteiger partial charge in [0.15, 0.2) is 0 Å². The lowest BCUT2D eigenvalue weighted by molar-refractivity contribution is 0.0930. The molecule has 3 N–H and O–H groups in total. The van der Waals surface area contributed by atoms with Gasteiger partial charge in [0.2, 0.25) is 0 Å². The van der Waals surface area contributed by atoms with Gasteiger partial charge in [-0.05, 0) is 68.3 Å². The molecule has 1 heterocycles. The minimum absolute atomic E-state index is 0. The van der Waals surface area contributed by atoms with Gasteiger partial charge in [-0.3, -0.25) is 9.52 Å². The maximum absolute atomic E-state index is 13.0. The van der Waals surface area contributed by atoms with Crippen LogP contribution in [-0.2, 0) is 10.0 Å². The number of nitrogens with one attached hydrogen (secondary N) is 3. The first-order valence-corrected chi connectivity index (χ1v) is 10.2. The lowest BCUT2D eigenvalue weighted by atomic mass is 10.1. The zero-order valence-electron chi connectivity index (χ0n) is 15.4. The molecule has 1 fully saturated rings. The van der Waals surface area contributed by atoms with Crippen LogP contribution in [0.5, 0.6) is 0 Å². The van der Waals surface area contributed by atoms with E-state index in [1.165, 1.54) is 36.4 Å². The second kappa shape index (κ2) is 9.36. The van der Waals surface area contributed by atoms with Crippen molar-refractivity contribution < 1.29 is 17.6 Å². The number of piperidine rings is 1. The Morgan fingerprint density at radius 1 is 1.18 bits per heavy atom. The summed E-state index contributed by atoms with van der Waals surface area (Å²) in [6, 6.07) is 9.47. The number of hydrogen-bond donors (Lipinski definition) is 3. The molecular formula is C19H23ClFN3O3S. The van der Waals surface area contributed by atoms with Crippen molar-refractivity contribution in [2.24, 2.45) is 0 Å². The highest BCUT2D eigenvalue weighted by atomic mass is 35.5. The summed E-state index contributed by atoms with van der Waals surface area (Å²) in [7, 11) is -3.90. The fourth-order valence-electron chi connectivity index (χ4n) is 2.98. The van der Waals surface area contributed by atoms with Gasteiger partial charge in [-0.2, -0.15) is 0 Å². The SMILES string of the molecule is Cc1ccc(S(=O)(=O)Nc2ccc(F)cc2)cc1C(=O)NC1CCCNC1.Cl. The maximum atomic E-state index is 13.0. The number of sulfonamides is 1. The van der Waals surface area contributed by atoms with Crippen LogP contribution in [-0.4, -0.2) is 33.5 Å². The average Bonchev–Trinajstić information content (AvgIpc) is 2.64. The number of anilines is 1. The van der Waals surface area contributed by atoms with E-state index in [1.54, 1.807) is 13.0 Å². The van der Waals surface area contributed by atoms with E-state index < -0.39 is 15.8 Å². The molecule has 1 amide bonds. The predicted octanol–water partition coefficient (Wildman–Crippen LogP) is 2.84. The molecule has 3 rings (SSSR count). The van der Waals surface area contributed by atoms with Crippen LogP contribution in [0, 0.1) is 12.7 Å². The van der Waals surface area contributed by atoms with Gasteiger partial charge in [0.05, 0.1) is 4.90 Å². The van der Waals surface area contributed by atoms with Gasteiger partial charge in [0.25, 0.3) is 15.9 Å². The summed E-state index contributed by atoms with van der Waals surface area (Å²) in [4.78, 5) is 12.6. The Bertz CT molecular complexity index is 930. The summed E-state index contributed by atoms with van der Waals surface area (Å²) in [5, 5.41) is 6.18. The molecule has 0 radical (unpaired) electrons. The van der Waals surface area contributed by atoms with Crippen LogP contribution in [0.15, 0.2) is 47.4 Å². The lowest BCUT2D eigenvalue weighted by Crippen LogP contribution is -2.45. The van der Waals surface area contributed by atoms with E-state index in [0.29, 0.717) is 17.7 Å². The molecular weight excluding hydrogens is 405 g/mol. The Hall–Kier alpha value is -2.16. The molecule has 2 aromatic rings. The molecule has 0 bridgehead atoms. The molecule has 0 aliphatic carbocycles. The third-order valence-corrected chi connectivity index (χ3v) is 5.87. The summed E-state index contributed by atoms with van der Waals surface area (Å²) in [6.07, 6.45) is 1.88. The van der Waals surface area contributed by atoms with Crippen molar-refractivity contribution in [2.45, 2.75) is 30.7 Å². The largest absolute Gasteiger partial charge is 0.348 e. The summed E-state index contributed by atoms with van der Waals surface area (Å²) < 4.78 is 40.6. The third kappa shape index (κ3) is 5.43. The zero-order chi connectivity index (χ0) is 19.4. The molecule has 1 aliphatic rings. The van der Waals surface area contributed by atoms with Crippen molar-refractivity contribution >= 4 is 34.0 Å². The summed E-state index contributed by atoms with van der Waals surface area (Å²) in [5.74, 6) is -0.746. The van der Waals surface area contributed by atoms with Crippen LogP contribution < -0.4 is 15.4 Å². The topological polar surface area (TPSA) is 87.3 Å². The zero-order valence-corrected chi connectivity index (χ0v) is 17.0. The van der Waals surface area contributed by atoms with Crippen molar-refractivity contribution in [3.05, 3.63) is 59.4 Å². The van der Waals surface area contributed by atoms with E-state index >= 15 is 0 Å². The molecule has 0 spiro atoms. The van der Waals surface area contributed by atoms with Crippen molar-refractivity contribution in [1.29, 1.82) is 0 Å². The van der Waals surface area contributed by atoms with Gasteiger partial charge in [-0.1, -0.05) is 6.07 Å². The van der Waals surface area contributed by atoms with Crippen LogP contribution in [0.3, 0.4) is 0 Å². The van der Waals surface area contributed by atoms with Crippen LogP contribution >= 0.6 is 12.4 Å². The Kier molecular flexibility index (Phi) is 7.40. The summed E-state index contributed by atoms with van der Waals surface area (Å²) in [6.45, 7) is 3.40. The van der Waals surface area contributed by atoms with Gasteiger partial charge < -0.3 is 10.6 Å². The first kappa shape index (κ1) is 22.1. The van der Waals surface area contributed by atoms with E-state index in [1.807, 2.05) is 0 Å². The number of carbonyl (C=O) groups is 1. The van der Waals surface area contributed by atoms with Gasteiger partial charge in [0, 0.05) is 23.8 Å². The minimum atomic E-state index is -3.90. The van der Waals surface area contributed by atoms with Crippen molar-refractivity contribution in [3.63, 3.8) is 0 Å². The fourth-order valence-corrected chi connectivity index (χ4v) is 4.07. The second-order valence-corrected chi connectivity index (χ2v) is 8.29. The maximum Gasteiger partial charge on any atom is 0.261 e.